The summed E-state index contributed by atoms with van der Waals surface area (Å²) in [4.78, 5) is 34.9. The number of nitrogens with two attached hydrogens (primary N) is 1. The molecule has 168 valence electrons. The Morgan fingerprint density at radius 1 is 0.970 bits per heavy atom. The molecule has 2 atom stereocenters. The van der Waals surface area contributed by atoms with Gasteiger partial charge in [0.2, 0.25) is 0 Å². The summed E-state index contributed by atoms with van der Waals surface area (Å²) in [7, 11) is 0. The van der Waals surface area contributed by atoms with Crippen LogP contribution in [0.3, 0.4) is 0 Å². The molecule has 3 aromatic rings. The van der Waals surface area contributed by atoms with Crippen molar-refractivity contribution in [2.24, 2.45) is 11.7 Å². The molecule has 0 fully saturated rings. The number of fused-ring (bicyclic) bond motifs is 3. The summed E-state index contributed by atoms with van der Waals surface area (Å²) in [6.45, 7) is 0.000885. The number of benzene rings is 3. The molecule has 0 bridgehead atoms. The van der Waals surface area contributed by atoms with Crippen molar-refractivity contribution in [3.63, 3.8) is 0 Å². The number of carbonyl (C=O) groups is 2. The number of carboxylic acid groups (broad SMARTS) is 1. The number of rotatable bonds is 8. The molecule has 0 unspecified atom stereocenters. The first kappa shape index (κ1) is 22.2. The second-order valence-electron chi connectivity index (χ2n) is 7.96. The molecular weight excluding hydrogens is 424 g/mol. The van der Waals surface area contributed by atoms with Crippen LogP contribution < -0.4 is 5.73 Å². The fourth-order valence-corrected chi connectivity index (χ4v) is 4.30. The third kappa shape index (κ3) is 4.47. The minimum absolute atomic E-state index is 0.000885. The Hall–Kier alpha value is -4.04. The highest BCUT2D eigenvalue weighted by Gasteiger charge is 2.36. The average Bonchev–Trinajstić information content (AvgIpc) is 3.11. The highest BCUT2D eigenvalue weighted by atomic mass is 16.6. The summed E-state index contributed by atoms with van der Waals surface area (Å²) in [5.41, 5.74) is 10.8. The molecule has 1 aliphatic carbocycles. The molecule has 0 saturated carbocycles. The van der Waals surface area contributed by atoms with E-state index in [2.05, 4.69) is 0 Å². The Labute approximate surface area is 189 Å². The van der Waals surface area contributed by atoms with Crippen molar-refractivity contribution >= 4 is 17.6 Å². The predicted molar refractivity (Wildman–Crippen MR) is 121 cm³/mol. The number of ether oxygens (including phenoxy) is 1. The molecule has 33 heavy (non-hydrogen) atoms. The van der Waals surface area contributed by atoms with Gasteiger partial charge in [0.15, 0.2) is 5.92 Å². The summed E-state index contributed by atoms with van der Waals surface area (Å²) >= 11 is 0. The number of nitrogens with zero attached hydrogens (tertiary/aromatic N) is 1. The number of esters is 1. The number of aliphatic carboxylic acids is 1. The number of hydrogen-bond acceptors (Lipinski definition) is 6. The molecule has 0 spiro atoms. The second kappa shape index (κ2) is 9.22. The van der Waals surface area contributed by atoms with Crippen LogP contribution in [0.1, 0.15) is 22.6 Å². The first-order valence-corrected chi connectivity index (χ1v) is 10.4. The van der Waals surface area contributed by atoms with E-state index in [1.165, 1.54) is 24.3 Å². The topological polar surface area (TPSA) is 133 Å². The van der Waals surface area contributed by atoms with Crippen molar-refractivity contribution < 1.29 is 24.4 Å². The highest BCUT2D eigenvalue weighted by Crippen LogP contribution is 2.44. The van der Waals surface area contributed by atoms with E-state index in [4.69, 9.17) is 10.5 Å². The molecule has 8 nitrogen and oxygen atoms in total. The summed E-state index contributed by atoms with van der Waals surface area (Å²) in [5, 5.41) is 20.4. The summed E-state index contributed by atoms with van der Waals surface area (Å²) in [5.74, 6) is -4.03. The molecule has 4 rings (SSSR count). The normalized spacial score (nSPS) is 14.1. The maximum Gasteiger partial charge on any atom is 0.321 e. The van der Waals surface area contributed by atoms with Crippen LogP contribution in [0.15, 0.2) is 72.8 Å². The van der Waals surface area contributed by atoms with Crippen LogP contribution in [0.25, 0.3) is 11.1 Å². The molecule has 0 amide bonds. The molecule has 3 aromatic carbocycles. The van der Waals surface area contributed by atoms with E-state index in [0.29, 0.717) is 5.56 Å². The zero-order chi connectivity index (χ0) is 23.5. The Kier molecular flexibility index (Phi) is 6.19. The van der Waals surface area contributed by atoms with E-state index >= 15 is 0 Å². The molecule has 0 aromatic heterocycles. The molecule has 3 N–H and O–H groups in total. The monoisotopic (exact) mass is 446 g/mol. The lowest BCUT2D eigenvalue weighted by Gasteiger charge is -2.21. The average molecular weight is 446 g/mol. The number of carboxylic acids is 1. The van der Waals surface area contributed by atoms with Crippen molar-refractivity contribution in [3.8, 4) is 11.1 Å². The Morgan fingerprint density at radius 3 is 2.03 bits per heavy atom. The first-order valence-electron chi connectivity index (χ1n) is 10.4. The lowest BCUT2D eigenvalue weighted by Crippen LogP contribution is -2.43. The molecule has 8 heteroatoms. The van der Waals surface area contributed by atoms with E-state index in [0.717, 1.165) is 22.3 Å². The zero-order valence-corrected chi connectivity index (χ0v) is 17.6. The molecule has 0 heterocycles. The third-order valence-corrected chi connectivity index (χ3v) is 5.92. The van der Waals surface area contributed by atoms with Crippen LogP contribution in [0.4, 0.5) is 5.69 Å². The maximum atomic E-state index is 12.8. The molecule has 0 aliphatic heterocycles. The Bertz CT molecular complexity index is 1160. The molecule has 0 radical (unpaired) electrons. The lowest BCUT2D eigenvalue weighted by atomic mass is 9.94. The van der Waals surface area contributed by atoms with Gasteiger partial charge < -0.3 is 15.6 Å². The largest absolute Gasteiger partial charge is 0.481 e. The van der Waals surface area contributed by atoms with Gasteiger partial charge in [-0.15, -0.1) is 0 Å². The predicted octanol–water partition coefficient (Wildman–Crippen LogP) is 3.52. The van der Waals surface area contributed by atoms with Gasteiger partial charge in [-0.1, -0.05) is 60.7 Å². The van der Waals surface area contributed by atoms with Crippen LogP contribution in [0.2, 0.25) is 0 Å². The van der Waals surface area contributed by atoms with Gasteiger partial charge in [0.1, 0.15) is 6.61 Å². The van der Waals surface area contributed by atoms with E-state index in [-0.39, 0.29) is 24.6 Å². The van der Waals surface area contributed by atoms with Crippen LogP contribution in [0, 0.1) is 16.0 Å². The minimum atomic E-state index is -1.56. The van der Waals surface area contributed by atoms with E-state index in [1.54, 1.807) is 0 Å². The highest BCUT2D eigenvalue weighted by molar-refractivity contribution is 5.95. The number of hydrogen-bond donors (Lipinski definition) is 2. The Balaban J connectivity index is 1.47. The van der Waals surface area contributed by atoms with Crippen molar-refractivity contribution in [1.29, 1.82) is 0 Å². The van der Waals surface area contributed by atoms with Crippen LogP contribution in [-0.4, -0.2) is 34.6 Å². The zero-order valence-electron chi connectivity index (χ0n) is 17.6. The summed E-state index contributed by atoms with van der Waals surface area (Å²) < 4.78 is 5.48. The lowest BCUT2D eigenvalue weighted by molar-refractivity contribution is -0.384. The van der Waals surface area contributed by atoms with Gasteiger partial charge in [0.05, 0.1) is 4.92 Å². The number of nitro groups is 1. The fraction of sp³-hybridized carbons (Fsp3) is 0.200. The number of carbonyl (C=O) groups excluding carboxylic acids is 1. The van der Waals surface area contributed by atoms with Crippen molar-refractivity contribution in [1.82, 2.24) is 0 Å². The fourth-order valence-electron chi connectivity index (χ4n) is 4.30. The van der Waals surface area contributed by atoms with E-state index in [9.17, 15) is 24.8 Å². The van der Waals surface area contributed by atoms with Gasteiger partial charge in [-0.2, -0.15) is 0 Å². The van der Waals surface area contributed by atoms with Crippen LogP contribution >= 0.6 is 0 Å². The van der Waals surface area contributed by atoms with Gasteiger partial charge >= 0.3 is 11.9 Å². The second-order valence-corrected chi connectivity index (χ2v) is 7.96. The SMILES string of the molecule is N[C@@H](Cc1ccc([N+](=O)[O-])cc1)[C@H](C(=O)O)C(=O)OCC1c2ccccc2-c2ccccc21. The van der Waals surface area contributed by atoms with Gasteiger partial charge in [0.25, 0.3) is 5.69 Å². The van der Waals surface area contributed by atoms with Crippen LogP contribution in [-0.2, 0) is 20.7 Å². The van der Waals surface area contributed by atoms with E-state index < -0.39 is 28.8 Å². The maximum absolute atomic E-state index is 12.8. The van der Waals surface area contributed by atoms with Gasteiger partial charge in [0, 0.05) is 24.1 Å². The number of non-ortho nitro benzene ring substituents is 1. The van der Waals surface area contributed by atoms with Gasteiger partial charge in [-0.05, 0) is 34.2 Å². The first-order chi connectivity index (χ1) is 15.9. The van der Waals surface area contributed by atoms with Crippen molar-refractivity contribution in [2.45, 2.75) is 18.4 Å². The van der Waals surface area contributed by atoms with Gasteiger partial charge in [-0.3, -0.25) is 19.7 Å². The quantitative estimate of drug-likeness (QED) is 0.234. The molecular formula is C25H22N2O6. The van der Waals surface area contributed by atoms with E-state index in [1.807, 2.05) is 48.5 Å². The summed E-state index contributed by atoms with van der Waals surface area (Å²) in [6.07, 6.45) is 0.0547. The van der Waals surface area contributed by atoms with Gasteiger partial charge in [-0.25, -0.2) is 0 Å². The van der Waals surface area contributed by atoms with Crippen molar-refractivity contribution in [2.75, 3.05) is 6.61 Å². The van der Waals surface area contributed by atoms with Crippen LogP contribution in [0.5, 0.6) is 0 Å². The third-order valence-electron chi connectivity index (χ3n) is 5.92. The number of nitro benzene ring substituents is 1. The standard InChI is InChI=1S/C25H22N2O6/c26-22(13-15-9-11-16(12-10-15)27(31)32)23(24(28)29)25(30)33-14-21-19-7-3-1-5-17(19)18-6-2-4-8-20(18)21/h1-12,21-23H,13-14,26H2,(H,28,29)/t22-,23+/m0/s1. The smallest absolute Gasteiger partial charge is 0.321 e. The molecule has 1 aliphatic rings. The molecule has 0 saturated heterocycles. The Morgan fingerprint density at radius 2 is 1.52 bits per heavy atom. The van der Waals surface area contributed by atoms with Crippen molar-refractivity contribution in [3.05, 3.63) is 99.6 Å². The minimum Gasteiger partial charge on any atom is -0.481 e. The summed E-state index contributed by atoms with van der Waals surface area (Å²) in [6, 6.07) is 20.2.